The van der Waals surface area contributed by atoms with E-state index in [2.05, 4.69) is 23.6 Å². The minimum Gasteiger partial charge on any atom is -0.390 e. The zero-order chi connectivity index (χ0) is 28.4. The Morgan fingerprint density at radius 2 is 1.87 bits per heavy atom. The second-order valence-corrected chi connectivity index (χ2v) is 12.0. The molecule has 2 aromatic carbocycles. The van der Waals surface area contributed by atoms with Crippen LogP contribution in [0.2, 0.25) is 0 Å². The summed E-state index contributed by atoms with van der Waals surface area (Å²) in [6, 6.07) is 9.91. The molecule has 0 aromatic heterocycles. The maximum Gasteiger partial charge on any atom is 0.221 e. The summed E-state index contributed by atoms with van der Waals surface area (Å²) in [5.74, 6) is -2.48. The van der Waals surface area contributed by atoms with Crippen molar-refractivity contribution in [2.45, 2.75) is 63.8 Å². The van der Waals surface area contributed by atoms with Gasteiger partial charge in [-0.25, -0.2) is 17.2 Å². The van der Waals surface area contributed by atoms with E-state index in [0.717, 1.165) is 36.6 Å². The minimum atomic E-state index is -3.68. The van der Waals surface area contributed by atoms with Gasteiger partial charge in [0.25, 0.3) is 0 Å². The van der Waals surface area contributed by atoms with Gasteiger partial charge < -0.3 is 20.5 Å². The smallest absolute Gasteiger partial charge is 0.221 e. The maximum absolute atomic E-state index is 13.8. The molecule has 1 amide bonds. The molecule has 1 aliphatic heterocycles. The van der Waals surface area contributed by atoms with Gasteiger partial charge in [0.2, 0.25) is 15.9 Å². The van der Waals surface area contributed by atoms with Crippen molar-refractivity contribution in [1.29, 1.82) is 0 Å². The first-order chi connectivity index (χ1) is 18.6. The first kappa shape index (κ1) is 31.1. The normalized spacial score (nSPS) is 17.7. The van der Waals surface area contributed by atoms with E-state index in [1.54, 1.807) is 0 Å². The molecule has 0 unspecified atom stereocenters. The number of hydrogen-bond acceptors (Lipinski definition) is 6. The number of nitrogens with zero attached hydrogens (tertiary/aromatic N) is 1. The molecule has 0 radical (unpaired) electrons. The van der Waals surface area contributed by atoms with E-state index in [1.165, 1.54) is 17.0 Å². The van der Waals surface area contributed by atoms with Gasteiger partial charge in [0.1, 0.15) is 11.6 Å². The second kappa shape index (κ2) is 14.8. The number of carbonyl (C=O) groups excluding carboxylic acids is 1. The highest BCUT2D eigenvalue weighted by atomic mass is 32.2. The molecule has 1 fully saturated rings. The SMILES string of the molecule is CCc1cccc(CNC[C@H](O)[C@H](Cc2cc(F)cc(F)c2)NC(=O)CCS(=O)(=O)N2CCC[C@@H]2COC)c1. The number of amides is 1. The standard InChI is InChI=1S/C28H39F2N3O5S/c1-3-20-6-4-7-21(12-20)17-31-18-27(34)26(15-22-13-23(29)16-24(30)14-22)32-28(35)9-11-39(36,37)33-10-5-8-25(33)19-38-2/h4,6-7,12-14,16,25-27,31,34H,3,5,8-11,15,17-19H2,1-2H3,(H,32,35)/t25-,26+,27+/m1/s1. The lowest BCUT2D eigenvalue weighted by Gasteiger charge is -2.26. The number of methoxy groups -OCH3 is 1. The average molecular weight is 568 g/mol. The molecule has 39 heavy (non-hydrogen) atoms. The van der Waals surface area contributed by atoms with Crippen LogP contribution in [-0.2, 0) is 38.9 Å². The molecule has 0 bridgehead atoms. The van der Waals surface area contributed by atoms with Crippen LogP contribution in [0.25, 0.3) is 0 Å². The van der Waals surface area contributed by atoms with Crippen molar-refractivity contribution in [1.82, 2.24) is 14.9 Å². The Bertz CT molecular complexity index is 1180. The molecule has 3 N–H and O–H groups in total. The Hall–Kier alpha value is -2.44. The Morgan fingerprint density at radius 1 is 1.15 bits per heavy atom. The number of rotatable bonds is 15. The quantitative estimate of drug-likeness (QED) is 0.305. The van der Waals surface area contributed by atoms with E-state index in [4.69, 9.17) is 4.74 Å². The third kappa shape index (κ3) is 9.61. The highest BCUT2D eigenvalue weighted by molar-refractivity contribution is 7.89. The number of ether oxygens (including phenoxy) is 1. The largest absolute Gasteiger partial charge is 0.390 e. The van der Waals surface area contributed by atoms with E-state index in [1.807, 2.05) is 18.2 Å². The van der Waals surface area contributed by atoms with Gasteiger partial charge in [-0.05, 0) is 54.5 Å². The monoisotopic (exact) mass is 567 g/mol. The van der Waals surface area contributed by atoms with Gasteiger partial charge in [0.05, 0.1) is 24.5 Å². The third-order valence-corrected chi connectivity index (χ3v) is 8.81. The van der Waals surface area contributed by atoms with Crippen molar-refractivity contribution >= 4 is 15.9 Å². The second-order valence-electron chi connectivity index (χ2n) is 9.96. The van der Waals surface area contributed by atoms with Crippen LogP contribution < -0.4 is 10.6 Å². The summed E-state index contributed by atoms with van der Waals surface area (Å²) in [5, 5.41) is 16.8. The summed E-state index contributed by atoms with van der Waals surface area (Å²) in [5.41, 5.74) is 2.48. The molecule has 3 rings (SSSR count). The van der Waals surface area contributed by atoms with E-state index >= 15 is 0 Å². The number of hydrogen-bond donors (Lipinski definition) is 3. The Morgan fingerprint density at radius 3 is 2.56 bits per heavy atom. The number of carbonyl (C=O) groups is 1. The molecular formula is C28H39F2N3O5S. The molecule has 3 atom stereocenters. The van der Waals surface area contributed by atoms with Crippen LogP contribution >= 0.6 is 0 Å². The number of aliphatic hydroxyl groups is 1. The molecule has 0 saturated carbocycles. The van der Waals surface area contributed by atoms with Crippen LogP contribution in [0.5, 0.6) is 0 Å². The van der Waals surface area contributed by atoms with Crippen molar-refractivity contribution in [3.8, 4) is 0 Å². The Labute approximate surface area is 229 Å². The number of sulfonamides is 1. The summed E-state index contributed by atoms with van der Waals surface area (Å²) in [4.78, 5) is 12.8. The van der Waals surface area contributed by atoms with Crippen LogP contribution in [0.3, 0.4) is 0 Å². The van der Waals surface area contributed by atoms with Crippen LogP contribution in [0, 0.1) is 11.6 Å². The van der Waals surface area contributed by atoms with Crippen LogP contribution in [-0.4, -0.2) is 74.5 Å². The molecule has 1 heterocycles. The van der Waals surface area contributed by atoms with Crippen molar-refractivity contribution in [2.24, 2.45) is 0 Å². The molecule has 1 saturated heterocycles. The van der Waals surface area contributed by atoms with Crippen LogP contribution in [0.1, 0.15) is 42.9 Å². The minimum absolute atomic E-state index is 0.0383. The fraction of sp³-hybridized carbons (Fsp3) is 0.536. The molecular weight excluding hydrogens is 528 g/mol. The Kier molecular flexibility index (Phi) is 11.8. The highest BCUT2D eigenvalue weighted by Gasteiger charge is 2.34. The van der Waals surface area contributed by atoms with Crippen molar-refractivity contribution in [2.75, 3.05) is 32.6 Å². The fourth-order valence-corrected chi connectivity index (χ4v) is 6.59. The number of aryl methyl sites for hydroxylation is 1. The summed E-state index contributed by atoms with van der Waals surface area (Å²) >= 11 is 0. The average Bonchev–Trinajstić information content (AvgIpc) is 3.36. The molecule has 0 spiro atoms. The lowest BCUT2D eigenvalue weighted by Crippen LogP contribution is -2.49. The van der Waals surface area contributed by atoms with Crippen molar-refractivity contribution in [3.63, 3.8) is 0 Å². The molecule has 216 valence electrons. The Balaban J connectivity index is 1.63. The van der Waals surface area contributed by atoms with Gasteiger partial charge in [-0.15, -0.1) is 0 Å². The lowest BCUT2D eigenvalue weighted by atomic mass is 10.0. The fourth-order valence-electron chi connectivity index (χ4n) is 4.88. The molecule has 11 heteroatoms. The zero-order valence-corrected chi connectivity index (χ0v) is 23.4. The van der Waals surface area contributed by atoms with Crippen LogP contribution in [0.4, 0.5) is 8.78 Å². The van der Waals surface area contributed by atoms with E-state index < -0.39 is 39.7 Å². The summed E-state index contributed by atoms with van der Waals surface area (Å²) in [6.45, 7) is 3.32. The van der Waals surface area contributed by atoms with Crippen LogP contribution in [0.15, 0.2) is 42.5 Å². The van der Waals surface area contributed by atoms with Gasteiger partial charge >= 0.3 is 0 Å². The van der Waals surface area contributed by atoms with E-state index in [-0.39, 0.29) is 36.7 Å². The van der Waals surface area contributed by atoms with Gasteiger partial charge in [-0.3, -0.25) is 4.79 Å². The number of aliphatic hydroxyl groups excluding tert-OH is 1. The molecule has 8 nitrogen and oxygen atoms in total. The number of halogens is 2. The summed E-state index contributed by atoms with van der Waals surface area (Å²) in [6.07, 6.45) is 0.881. The number of benzene rings is 2. The topological polar surface area (TPSA) is 108 Å². The third-order valence-electron chi connectivity index (χ3n) is 6.90. The van der Waals surface area contributed by atoms with Gasteiger partial charge in [0, 0.05) is 45.3 Å². The highest BCUT2D eigenvalue weighted by Crippen LogP contribution is 2.22. The van der Waals surface area contributed by atoms with E-state index in [9.17, 15) is 27.1 Å². The van der Waals surface area contributed by atoms with Crippen molar-refractivity contribution in [3.05, 3.63) is 70.8 Å². The zero-order valence-electron chi connectivity index (χ0n) is 22.5. The van der Waals surface area contributed by atoms with Gasteiger partial charge in [-0.1, -0.05) is 31.2 Å². The molecule has 0 aliphatic carbocycles. The van der Waals surface area contributed by atoms with Gasteiger partial charge in [-0.2, -0.15) is 4.31 Å². The molecule has 2 aromatic rings. The van der Waals surface area contributed by atoms with E-state index in [0.29, 0.717) is 26.1 Å². The maximum atomic E-state index is 13.8. The lowest BCUT2D eigenvalue weighted by molar-refractivity contribution is -0.122. The molecule has 1 aliphatic rings. The summed E-state index contributed by atoms with van der Waals surface area (Å²) < 4.78 is 59.9. The van der Waals surface area contributed by atoms with Crippen molar-refractivity contribution < 1.29 is 31.8 Å². The first-order valence-corrected chi connectivity index (χ1v) is 14.9. The van der Waals surface area contributed by atoms with Gasteiger partial charge in [0.15, 0.2) is 0 Å². The first-order valence-electron chi connectivity index (χ1n) is 13.3. The predicted molar refractivity (Wildman–Crippen MR) is 146 cm³/mol. The number of nitrogens with one attached hydrogen (secondary N) is 2. The predicted octanol–water partition coefficient (Wildman–Crippen LogP) is 2.54. The summed E-state index contributed by atoms with van der Waals surface area (Å²) in [7, 11) is -2.17.